The number of nitrogens with two attached hydrogens (primary N) is 1. The zero-order valence-corrected chi connectivity index (χ0v) is 22.2. The molecule has 7 nitrogen and oxygen atoms in total. The van der Waals surface area contributed by atoms with Crippen LogP contribution in [0.2, 0.25) is 0 Å². The molecule has 3 aromatic rings. The van der Waals surface area contributed by atoms with Crippen LogP contribution in [-0.4, -0.2) is 60.4 Å². The third-order valence-electron chi connectivity index (χ3n) is 6.16. The van der Waals surface area contributed by atoms with Gasteiger partial charge >= 0.3 is 0 Å². The summed E-state index contributed by atoms with van der Waals surface area (Å²) in [6.07, 6.45) is 2.70. The largest absolute Gasteiger partial charge is 0.383 e. The second-order valence-electron chi connectivity index (χ2n) is 10.3. The van der Waals surface area contributed by atoms with Crippen molar-refractivity contribution in [2.24, 2.45) is 11.1 Å². The smallest absolute Gasteiger partial charge is 0.249 e. The predicted molar refractivity (Wildman–Crippen MR) is 143 cm³/mol. The van der Waals surface area contributed by atoms with Gasteiger partial charge < -0.3 is 24.7 Å². The Bertz CT molecular complexity index is 1080. The van der Waals surface area contributed by atoms with E-state index >= 15 is 0 Å². The Morgan fingerprint density at radius 2 is 1.67 bits per heavy atom. The summed E-state index contributed by atoms with van der Waals surface area (Å²) in [6, 6.07) is 20.0. The molecule has 0 radical (unpaired) electrons. The minimum absolute atomic E-state index is 0.00294. The first-order chi connectivity index (χ1) is 17.2. The average molecular weight is 493 g/mol. The van der Waals surface area contributed by atoms with E-state index in [4.69, 9.17) is 20.2 Å². The van der Waals surface area contributed by atoms with Gasteiger partial charge in [-0.3, -0.25) is 4.79 Å². The van der Waals surface area contributed by atoms with Gasteiger partial charge in [0, 0.05) is 45.1 Å². The maximum Gasteiger partial charge on any atom is 0.249 e. The molecule has 1 amide bonds. The number of imidazole rings is 1. The summed E-state index contributed by atoms with van der Waals surface area (Å²) in [7, 11) is 3.18. The van der Waals surface area contributed by atoms with E-state index in [1.807, 2.05) is 41.3 Å². The van der Waals surface area contributed by atoms with Crippen LogP contribution in [0.1, 0.15) is 44.6 Å². The first-order valence-corrected chi connectivity index (χ1v) is 12.4. The van der Waals surface area contributed by atoms with E-state index in [2.05, 4.69) is 55.8 Å². The molecule has 0 aliphatic heterocycles. The van der Waals surface area contributed by atoms with Gasteiger partial charge in [0.2, 0.25) is 5.91 Å². The second-order valence-corrected chi connectivity index (χ2v) is 10.3. The normalized spacial score (nSPS) is 13.4. The zero-order valence-electron chi connectivity index (χ0n) is 22.2. The van der Waals surface area contributed by atoms with Crippen molar-refractivity contribution in [3.05, 3.63) is 78.2 Å². The molecule has 3 rings (SSSR count). The fraction of sp³-hybridized carbons (Fsp3) is 0.448. The van der Waals surface area contributed by atoms with Gasteiger partial charge in [-0.05, 0) is 17.4 Å². The highest BCUT2D eigenvalue weighted by atomic mass is 16.5. The molecule has 0 saturated heterocycles. The molecule has 1 heterocycles. The van der Waals surface area contributed by atoms with Crippen LogP contribution in [0.3, 0.4) is 0 Å². The van der Waals surface area contributed by atoms with Crippen LogP contribution in [0.5, 0.6) is 0 Å². The summed E-state index contributed by atoms with van der Waals surface area (Å²) in [4.78, 5) is 20.4. The quantitative estimate of drug-likeness (QED) is 0.402. The monoisotopic (exact) mass is 492 g/mol. The van der Waals surface area contributed by atoms with Crippen molar-refractivity contribution in [1.29, 1.82) is 0 Å². The Balaban J connectivity index is 2.10. The molecule has 0 saturated carbocycles. The lowest BCUT2D eigenvalue weighted by atomic mass is 9.84. The standard InChI is InChI=1S/C29H40N4O3/c1-29(2,3)27(33(26(34)21-36-5)17-16-24(30)20-35-4)28-31-25(23-14-10-7-11-15-23)19-32(28)18-22-12-8-6-9-13-22/h6-15,19,24,27H,16-18,20-21,30H2,1-5H3/t24-,27-/m0/s1. The molecule has 0 spiro atoms. The van der Waals surface area contributed by atoms with Gasteiger partial charge in [-0.15, -0.1) is 0 Å². The topological polar surface area (TPSA) is 82.6 Å². The lowest BCUT2D eigenvalue weighted by molar-refractivity contribution is -0.140. The number of nitrogens with zero attached hydrogens (tertiary/aromatic N) is 3. The van der Waals surface area contributed by atoms with Crippen molar-refractivity contribution < 1.29 is 14.3 Å². The third-order valence-corrected chi connectivity index (χ3v) is 6.16. The van der Waals surface area contributed by atoms with Gasteiger partial charge in [-0.1, -0.05) is 81.4 Å². The molecule has 2 atom stereocenters. The number of carbonyl (C=O) groups is 1. The summed E-state index contributed by atoms with van der Waals surface area (Å²) in [5, 5.41) is 0. The van der Waals surface area contributed by atoms with E-state index in [-0.39, 0.29) is 30.0 Å². The third kappa shape index (κ3) is 7.26. The average Bonchev–Trinajstić information content (AvgIpc) is 3.25. The second kappa shape index (κ2) is 12.8. The molecule has 194 valence electrons. The summed E-state index contributed by atoms with van der Waals surface area (Å²) >= 11 is 0. The van der Waals surface area contributed by atoms with Crippen LogP contribution >= 0.6 is 0 Å². The Morgan fingerprint density at radius 1 is 1.03 bits per heavy atom. The van der Waals surface area contributed by atoms with Crippen LogP contribution in [0.15, 0.2) is 66.9 Å². The Labute approximate surface area is 215 Å². The van der Waals surface area contributed by atoms with Crippen LogP contribution in [0.4, 0.5) is 0 Å². The van der Waals surface area contributed by atoms with Gasteiger partial charge in [0.25, 0.3) is 0 Å². The van der Waals surface area contributed by atoms with E-state index in [0.717, 1.165) is 17.1 Å². The van der Waals surface area contributed by atoms with Crippen molar-refractivity contribution in [1.82, 2.24) is 14.5 Å². The number of methoxy groups -OCH3 is 2. The number of aromatic nitrogens is 2. The first kappa shape index (κ1) is 27.6. The number of rotatable bonds is 12. The molecule has 1 aromatic heterocycles. The van der Waals surface area contributed by atoms with E-state index in [1.165, 1.54) is 5.56 Å². The SMILES string of the molecule is COCC(=O)N(CC[C@H](N)COC)[C@@H](c1nc(-c2ccccc2)cn1Cc1ccccc1)C(C)(C)C. The minimum Gasteiger partial charge on any atom is -0.383 e. The van der Waals surface area contributed by atoms with E-state index in [1.54, 1.807) is 14.2 Å². The number of hydrogen-bond acceptors (Lipinski definition) is 5. The number of benzene rings is 2. The number of ether oxygens (including phenoxy) is 2. The predicted octanol–water partition coefficient (Wildman–Crippen LogP) is 4.52. The maximum atomic E-state index is 13.4. The molecular formula is C29H40N4O3. The van der Waals surface area contributed by atoms with Crippen molar-refractivity contribution >= 4 is 5.91 Å². The zero-order chi connectivity index (χ0) is 26.1. The van der Waals surface area contributed by atoms with Gasteiger partial charge in [0.15, 0.2) is 0 Å². The van der Waals surface area contributed by atoms with E-state index in [9.17, 15) is 4.79 Å². The van der Waals surface area contributed by atoms with Gasteiger partial charge in [0.1, 0.15) is 12.4 Å². The lowest BCUT2D eigenvalue weighted by Crippen LogP contribution is -2.46. The Kier molecular flexibility index (Phi) is 9.81. The van der Waals surface area contributed by atoms with E-state index in [0.29, 0.717) is 26.1 Å². The highest BCUT2D eigenvalue weighted by molar-refractivity contribution is 5.78. The number of carbonyl (C=O) groups excluding carboxylic acids is 1. The molecule has 2 aromatic carbocycles. The van der Waals surface area contributed by atoms with Crippen LogP contribution in [-0.2, 0) is 20.8 Å². The molecule has 2 N–H and O–H groups in total. The van der Waals surface area contributed by atoms with Crippen molar-refractivity contribution in [3.8, 4) is 11.3 Å². The highest BCUT2D eigenvalue weighted by Gasteiger charge is 2.38. The van der Waals surface area contributed by atoms with Crippen LogP contribution in [0, 0.1) is 5.41 Å². The molecule has 7 heteroatoms. The van der Waals surface area contributed by atoms with Crippen molar-refractivity contribution in [2.45, 2.75) is 45.8 Å². The fourth-order valence-corrected chi connectivity index (χ4v) is 4.50. The highest BCUT2D eigenvalue weighted by Crippen LogP contribution is 2.39. The Hall–Kier alpha value is -3.00. The maximum absolute atomic E-state index is 13.4. The van der Waals surface area contributed by atoms with Crippen molar-refractivity contribution in [3.63, 3.8) is 0 Å². The molecule has 36 heavy (non-hydrogen) atoms. The van der Waals surface area contributed by atoms with E-state index < -0.39 is 0 Å². The summed E-state index contributed by atoms with van der Waals surface area (Å²) < 4.78 is 12.7. The van der Waals surface area contributed by atoms with Crippen molar-refractivity contribution in [2.75, 3.05) is 34.0 Å². The lowest BCUT2D eigenvalue weighted by Gasteiger charge is -2.40. The minimum atomic E-state index is -0.303. The van der Waals surface area contributed by atoms with Gasteiger partial charge in [-0.2, -0.15) is 0 Å². The molecule has 0 aliphatic rings. The number of hydrogen-bond donors (Lipinski definition) is 1. The molecule has 0 fully saturated rings. The summed E-state index contributed by atoms with van der Waals surface area (Å²) in [6.45, 7) is 7.99. The fourth-order valence-electron chi connectivity index (χ4n) is 4.50. The first-order valence-electron chi connectivity index (χ1n) is 12.4. The number of amides is 1. The summed E-state index contributed by atoms with van der Waals surface area (Å²) in [5.74, 6) is 0.757. The van der Waals surface area contributed by atoms with Crippen LogP contribution < -0.4 is 5.73 Å². The molecule has 0 bridgehead atoms. The summed E-state index contributed by atoms with van der Waals surface area (Å²) in [5.41, 5.74) is 9.03. The molecule has 0 aliphatic carbocycles. The van der Waals surface area contributed by atoms with Crippen LogP contribution in [0.25, 0.3) is 11.3 Å². The molecule has 0 unspecified atom stereocenters. The molecular weight excluding hydrogens is 452 g/mol. The Morgan fingerprint density at radius 3 is 2.25 bits per heavy atom. The van der Waals surface area contributed by atoms with Gasteiger partial charge in [0.05, 0.1) is 18.3 Å². The van der Waals surface area contributed by atoms with Gasteiger partial charge in [-0.25, -0.2) is 4.98 Å².